The van der Waals surface area contributed by atoms with Gasteiger partial charge in [-0.3, -0.25) is 4.57 Å². The van der Waals surface area contributed by atoms with Crippen molar-refractivity contribution in [1.82, 2.24) is 18.7 Å². The second kappa shape index (κ2) is 15.5. The lowest BCUT2D eigenvalue weighted by Gasteiger charge is -2.35. The monoisotopic (exact) mass is 902 g/mol. The van der Waals surface area contributed by atoms with Crippen molar-refractivity contribution in [3.63, 3.8) is 0 Å². The fourth-order valence-electron chi connectivity index (χ4n) is 11.3. The van der Waals surface area contributed by atoms with Crippen LogP contribution in [0, 0.1) is 0 Å². The molecule has 0 amide bonds. The molecule has 0 saturated heterocycles. The maximum Gasteiger partial charge on any atom is 0.179 e. The van der Waals surface area contributed by atoms with E-state index >= 15 is 0 Å². The van der Waals surface area contributed by atoms with Gasteiger partial charge in [-0.05, 0) is 110 Å². The summed E-state index contributed by atoms with van der Waals surface area (Å²) in [6, 6.07) is 90.4. The standard InChI is InChI=1S/C62H42N4SSi/c1-3-19-47(20-4-1)68(48-21-5-2-6-22-48,49-23-15-17-42(38-49)43-33-35-56-44(37-43)41-67-62-63-55-28-10-14-32-61(55)66(56)62)50-24-16-18-45(39-50)64-59-31-13-9-27-53(59)54-40-46(34-36-60(54)64)65-57-29-11-7-25-51(57)52-26-8-12-30-58(52)65/h1-40H,41H2. The number of para-hydroxylation sites is 5. The molecule has 13 aromatic rings. The van der Waals surface area contributed by atoms with Crippen molar-refractivity contribution in [3.8, 4) is 28.2 Å². The van der Waals surface area contributed by atoms with Crippen molar-refractivity contribution in [2.75, 3.05) is 0 Å². The Balaban J connectivity index is 0.955. The molecule has 14 rings (SSSR count). The number of aromatic nitrogens is 4. The summed E-state index contributed by atoms with van der Waals surface area (Å²) >= 11 is 1.82. The molecule has 0 spiro atoms. The molecule has 68 heavy (non-hydrogen) atoms. The maximum atomic E-state index is 4.97. The van der Waals surface area contributed by atoms with E-state index in [1.807, 2.05) is 11.8 Å². The molecule has 6 heteroatoms. The first-order valence-electron chi connectivity index (χ1n) is 23.3. The number of thioether (sulfide) groups is 1. The normalized spacial score (nSPS) is 12.6. The lowest BCUT2D eigenvalue weighted by molar-refractivity contribution is 0.895. The van der Waals surface area contributed by atoms with Crippen LogP contribution in [0.2, 0.25) is 0 Å². The Bertz CT molecular complexity index is 4020. The van der Waals surface area contributed by atoms with Crippen LogP contribution in [0.3, 0.4) is 0 Å². The Morgan fingerprint density at radius 1 is 0.353 bits per heavy atom. The predicted octanol–water partition coefficient (Wildman–Crippen LogP) is 12.9. The average molecular weight is 903 g/mol. The van der Waals surface area contributed by atoms with Gasteiger partial charge in [0.1, 0.15) is 0 Å². The van der Waals surface area contributed by atoms with E-state index in [0.717, 1.165) is 33.3 Å². The Hall–Kier alpha value is -8.16. The summed E-state index contributed by atoms with van der Waals surface area (Å²) in [5.41, 5.74) is 14.3. The molecule has 0 unspecified atom stereocenters. The van der Waals surface area contributed by atoms with E-state index in [1.165, 1.54) is 86.7 Å². The SMILES string of the molecule is c1ccc([Si](c2ccccc2)(c2cccc(-c3ccc4c(c3)CSc3nc5ccccc5n3-4)c2)c2cccc(-n3c4ccccc4c4cc(-n5c6ccccc6c6ccccc65)ccc43)c2)cc1. The van der Waals surface area contributed by atoms with Gasteiger partial charge >= 0.3 is 0 Å². The lowest BCUT2D eigenvalue weighted by atomic mass is 10.0. The van der Waals surface area contributed by atoms with Crippen LogP contribution in [0.1, 0.15) is 5.56 Å². The van der Waals surface area contributed by atoms with E-state index in [0.29, 0.717) is 0 Å². The Morgan fingerprint density at radius 3 is 1.54 bits per heavy atom. The molecule has 0 bridgehead atoms. The zero-order chi connectivity index (χ0) is 44.8. The van der Waals surface area contributed by atoms with Crippen LogP contribution in [0.4, 0.5) is 0 Å². The highest BCUT2D eigenvalue weighted by Crippen LogP contribution is 2.40. The van der Waals surface area contributed by atoms with E-state index in [2.05, 4.69) is 256 Å². The van der Waals surface area contributed by atoms with Crippen LogP contribution in [-0.4, -0.2) is 26.8 Å². The van der Waals surface area contributed by atoms with Gasteiger partial charge in [-0.2, -0.15) is 0 Å². The topological polar surface area (TPSA) is 27.7 Å². The molecule has 0 radical (unpaired) electrons. The third-order valence-corrected chi connectivity index (χ3v) is 20.0. The maximum absolute atomic E-state index is 4.97. The smallest absolute Gasteiger partial charge is 0.179 e. The minimum Gasteiger partial charge on any atom is -0.309 e. The first kappa shape index (κ1) is 39.0. The quantitative estimate of drug-likeness (QED) is 0.118. The summed E-state index contributed by atoms with van der Waals surface area (Å²) < 4.78 is 7.23. The Kier molecular flexibility index (Phi) is 8.88. The molecule has 4 nitrogen and oxygen atoms in total. The van der Waals surface area contributed by atoms with Gasteiger partial charge in [0.15, 0.2) is 13.2 Å². The van der Waals surface area contributed by atoms with E-state index < -0.39 is 8.07 Å². The number of hydrogen-bond acceptors (Lipinski definition) is 2. The third kappa shape index (κ3) is 5.84. The number of fused-ring (bicyclic) bond motifs is 11. The molecule has 320 valence electrons. The molecule has 1 aliphatic rings. The van der Waals surface area contributed by atoms with Crippen molar-refractivity contribution in [3.05, 3.63) is 248 Å². The van der Waals surface area contributed by atoms with Gasteiger partial charge < -0.3 is 9.13 Å². The van der Waals surface area contributed by atoms with E-state index in [4.69, 9.17) is 4.98 Å². The molecule has 1 aliphatic heterocycles. The summed E-state index contributed by atoms with van der Waals surface area (Å²) in [5.74, 6) is 0.885. The van der Waals surface area contributed by atoms with Gasteiger partial charge in [-0.25, -0.2) is 4.98 Å². The highest BCUT2D eigenvalue weighted by Gasteiger charge is 2.42. The summed E-state index contributed by atoms with van der Waals surface area (Å²) in [5, 5.41) is 11.4. The van der Waals surface area contributed by atoms with Gasteiger partial charge in [0, 0.05) is 38.7 Å². The van der Waals surface area contributed by atoms with Crippen LogP contribution in [-0.2, 0) is 5.75 Å². The molecule has 4 heterocycles. The summed E-state index contributed by atoms with van der Waals surface area (Å²) in [7, 11) is -2.97. The third-order valence-electron chi connectivity index (χ3n) is 14.3. The second-order valence-corrected chi connectivity index (χ2v) is 22.6. The van der Waals surface area contributed by atoms with Gasteiger partial charge in [-0.1, -0.05) is 182 Å². The van der Waals surface area contributed by atoms with E-state index in [-0.39, 0.29) is 0 Å². The van der Waals surface area contributed by atoms with Gasteiger partial charge in [0.2, 0.25) is 0 Å². The molecule has 3 aromatic heterocycles. The van der Waals surface area contributed by atoms with Crippen LogP contribution in [0.25, 0.3) is 82.8 Å². The first-order valence-corrected chi connectivity index (χ1v) is 26.3. The van der Waals surface area contributed by atoms with Gasteiger partial charge in [0.05, 0.1) is 38.8 Å². The predicted molar refractivity (Wildman–Crippen MR) is 288 cm³/mol. The number of imidazole rings is 1. The van der Waals surface area contributed by atoms with Gasteiger partial charge in [-0.15, -0.1) is 0 Å². The van der Waals surface area contributed by atoms with Crippen molar-refractivity contribution in [1.29, 1.82) is 0 Å². The van der Waals surface area contributed by atoms with Crippen molar-refractivity contribution in [2.24, 2.45) is 0 Å². The van der Waals surface area contributed by atoms with Crippen LogP contribution in [0.15, 0.2) is 248 Å². The highest BCUT2D eigenvalue weighted by atomic mass is 32.2. The second-order valence-electron chi connectivity index (χ2n) is 17.9. The lowest BCUT2D eigenvalue weighted by Crippen LogP contribution is -2.74. The highest BCUT2D eigenvalue weighted by molar-refractivity contribution is 7.98. The number of hydrogen-bond donors (Lipinski definition) is 0. The Labute approximate surface area is 399 Å². The summed E-state index contributed by atoms with van der Waals surface area (Å²) in [6.07, 6.45) is 0. The molecular formula is C62H42N4SSi. The zero-order valence-electron chi connectivity index (χ0n) is 37.0. The Morgan fingerprint density at radius 2 is 0.868 bits per heavy atom. The summed E-state index contributed by atoms with van der Waals surface area (Å²) in [4.78, 5) is 4.97. The van der Waals surface area contributed by atoms with Crippen LogP contribution in [0.5, 0.6) is 0 Å². The average Bonchev–Trinajstić information content (AvgIpc) is 4.07. The first-order chi connectivity index (χ1) is 33.7. The minimum absolute atomic E-state index is 0.885. The van der Waals surface area contributed by atoms with Crippen LogP contribution >= 0.6 is 11.8 Å². The fraction of sp³-hybridized carbons (Fsp3) is 0.0161. The number of rotatable bonds is 7. The molecule has 0 fully saturated rings. The molecule has 0 saturated carbocycles. The van der Waals surface area contributed by atoms with Crippen LogP contribution < -0.4 is 20.7 Å². The largest absolute Gasteiger partial charge is 0.309 e. The number of nitrogens with zero attached hydrogens (tertiary/aromatic N) is 4. The van der Waals surface area contributed by atoms with E-state index in [9.17, 15) is 0 Å². The van der Waals surface area contributed by atoms with Gasteiger partial charge in [0.25, 0.3) is 0 Å². The minimum atomic E-state index is -2.97. The molecule has 0 aliphatic carbocycles. The van der Waals surface area contributed by atoms with Crippen molar-refractivity contribution in [2.45, 2.75) is 10.9 Å². The zero-order valence-corrected chi connectivity index (χ0v) is 38.8. The molecular weight excluding hydrogens is 861 g/mol. The summed E-state index contributed by atoms with van der Waals surface area (Å²) in [6.45, 7) is 0. The fourth-order valence-corrected chi connectivity index (χ4v) is 17.2. The van der Waals surface area contributed by atoms with Crippen molar-refractivity contribution >= 4 is 95.2 Å². The molecule has 0 N–H and O–H groups in total. The van der Waals surface area contributed by atoms with E-state index in [1.54, 1.807) is 0 Å². The molecule has 10 aromatic carbocycles. The molecule has 0 atom stereocenters. The number of benzene rings is 10. The van der Waals surface area contributed by atoms with Crippen molar-refractivity contribution < 1.29 is 0 Å².